The van der Waals surface area contributed by atoms with Crippen molar-refractivity contribution in [2.45, 2.75) is 57.9 Å². The summed E-state index contributed by atoms with van der Waals surface area (Å²) in [5.41, 5.74) is 5.53. The number of piperidine rings is 1. The van der Waals surface area contributed by atoms with Gasteiger partial charge in [0.25, 0.3) is 11.8 Å². The Kier molecular flexibility index (Phi) is 6.19. The molecule has 190 valence electrons. The van der Waals surface area contributed by atoms with Crippen LogP contribution in [0.15, 0.2) is 35.7 Å². The van der Waals surface area contributed by atoms with Gasteiger partial charge < -0.3 is 10.2 Å². The quantitative estimate of drug-likeness (QED) is 0.440. The minimum Gasteiger partial charge on any atom is -0.344 e. The van der Waals surface area contributed by atoms with Crippen molar-refractivity contribution in [3.05, 3.63) is 74.6 Å². The van der Waals surface area contributed by atoms with Gasteiger partial charge in [-0.25, -0.2) is 9.50 Å². The molecule has 1 aliphatic heterocycles. The number of fused-ring (bicyclic) bond motifs is 2. The average Bonchev–Trinajstić information content (AvgIpc) is 3.56. The van der Waals surface area contributed by atoms with E-state index < -0.39 is 0 Å². The minimum atomic E-state index is -0.120. The van der Waals surface area contributed by atoms with Crippen molar-refractivity contribution in [2.24, 2.45) is 0 Å². The molecule has 2 amide bonds. The molecule has 1 unspecified atom stereocenters. The fourth-order valence-corrected chi connectivity index (χ4v) is 6.44. The van der Waals surface area contributed by atoms with Crippen LogP contribution in [0.25, 0.3) is 5.65 Å². The number of nitrogens with one attached hydrogen (secondary N) is 1. The number of benzene rings is 1. The van der Waals surface area contributed by atoms with Gasteiger partial charge in [-0.1, -0.05) is 24.3 Å². The molecule has 0 radical (unpaired) electrons. The van der Waals surface area contributed by atoms with E-state index in [4.69, 9.17) is 4.98 Å². The molecule has 4 heterocycles. The number of carbonyl (C=O) groups excluding carboxylic acids is 2. The van der Waals surface area contributed by atoms with Crippen LogP contribution in [-0.4, -0.2) is 54.6 Å². The van der Waals surface area contributed by atoms with Gasteiger partial charge in [-0.3, -0.25) is 9.59 Å². The molecule has 4 aromatic rings. The molecule has 1 fully saturated rings. The highest BCUT2D eigenvalue weighted by Gasteiger charge is 2.30. The van der Waals surface area contributed by atoms with Crippen molar-refractivity contribution in [3.8, 4) is 0 Å². The lowest BCUT2D eigenvalue weighted by Crippen LogP contribution is -2.39. The van der Waals surface area contributed by atoms with Crippen LogP contribution in [0.1, 0.15) is 86.1 Å². The van der Waals surface area contributed by atoms with Crippen LogP contribution in [0.4, 0.5) is 0 Å². The Balaban J connectivity index is 1.09. The number of likely N-dealkylation sites (tertiary alicyclic amines) is 1. The third-order valence-corrected chi connectivity index (χ3v) is 8.50. The van der Waals surface area contributed by atoms with Crippen molar-refractivity contribution < 1.29 is 9.59 Å². The first-order chi connectivity index (χ1) is 18.0. The Morgan fingerprint density at radius 1 is 1.08 bits per heavy atom. The molecule has 1 aliphatic carbocycles. The fourth-order valence-electron chi connectivity index (χ4n) is 5.47. The van der Waals surface area contributed by atoms with Gasteiger partial charge in [0.1, 0.15) is 5.69 Å². The second kappa shape index (κ2) is 9.66. The highest BCUT2D eigenvalue weighted by atomic mass is 32.1. The van der Waals surface area contributed by atoms with Gasteiger partial charge in [-0.05, 0) is 57.1 Å². The summed E-state index contributed by atoms with van der Waals surface area (Å²) >= 11 is 1.53. The minimum absolute atomic E-state index is 0.0354. The van der Waals surface area contributed by atoms with E-state index in [1.54, 1.807) is 4.52 Å². The summed E-state index contributed by atoms with van der Waals surface area (Å²) in [4.78, 5) is 32.7. The van der Waals surface area contributed by atoms with Crippen LogP contribution in [0, 0.1) is 13.8 Å². The molecular formula is C27H29N7O2S. The number of amides is 2. The monoisotopic (exact) mass is 515 g/mol. The number of aryl methyl sites for hydroxylation is 3. The Bertz CT molecular complexity index is 1490. The number of hydrogen-bond acceptors (Lipinski definition) is 7. The topological polar surface area (TPSA) is 105 Å². The Hall–Kier alpha value is -3.66. The lowest BCUT2D eigenvalue weighted by Gasteiger charge is -2.31. The molecule has 9 nitrogen and oxygen atoms in total. The maximum absolute atomic E-state index is 13.2. The van der Waals surface area contributed by atoms with E-state index in [-0.39, 0.29) is 23.8 Å². The number of thiazole rings is 1. The van der Waals surface area contributed by atoms with Gasteiger partial charge >= 0.3 is 0 Å². The van der Waals surface area contributed by atoms with Crippen molar-refractivity contribution in [1.29, 1.82) is 0 Å². The number of carbonyl (C=O) groups is 2. The molecule has 1 N–H and O–H groups in total. The van der Waals surface area contributed by atoms with Gasteiger partial charge in [0.15, 0.2) is 11.3 Å². The maximum Gasteiger partial charge on any atom is 0.276 e. The molecule has 0 spiro atoms. The standard InChI is InChI=1S/C27H29N7O2S/c1-16-14-23-30-31-24(17(2)34(23)32-16)27(36)33-12-10-19(11-13-33)26-29-22(15-37-26)25(35)28-21-9-5-7-18-6-3-4-8-20(18)21/h3-4,6,8,14-15,19,21H,5,7,9-13H2,1-2H3,(H,28,35). The van der Waals surface area contributed by atoms with Crippen LogP contribution >= 0.6 is 11.3 Å². The van der Waals surface area contributed by atoms with Crippen LogP contribution in [0.3, 0.4) is 0 Å². The zero-order chi connectivity index (χ0) is 25.5. The zero-order valence-electron chi connectivity index (χ0n) is 21.0. The summed E-state index contributed by atoms with van der Waals surface area (Å²) in [5.74, 6) is -0.00461. The molecule has 1 atom stereocenters. The first-order valence-corrected chi connectivity index (χ1v) is 13.7. The molecule has 1 aromatic carbocycles. The van der Waals surface area contributed by atoms with Gasteiger partial charge in [0.2, 0.25) is 0 Å². The summed E-state index contributed by atoms with van der Waals surface area (Å²) in [6, 6.07) is 10.2. The van der Waals surface area contributed by atoms with Crippen LogP contribution in [0.5, 0.6) is 0 Å². The molecule has 0 saturated carbocycles. The molecular weight excluding hydrogens is 486 g/mol. The third-order valence-electron chi connectivity index (χ3n) is 7.49. The summed E-state index contributed by atoms with van der Waals surface area (Å²) in [6.07, 6.45) is 4.68. The van der Waals surface area contributed by atoms with E-state index in [1.165, 1.54) is 22.5 Å². The predicted octanol–water partition coefficient (Wildman–Crippen LogP) is 4.02. The molecule has 3 aromatic heterocycles. The van der Waals surface area contributed by atoms with E-state index in [9.17, 15) is 9.59 Å². The normalized spacial score (nSPS) is 18.1. The van der Waals surface area contributed by atoms with E-state index in [0.717, 1.165) is 42.8 Å². The van der Waals surface area contributed by atoms with Gasteiger partial charge in [0.05, 0.1) is 22.4 Å². The number of rotatable bonds is 4. The molecule has 10 heteroatoms. The molecule has 6 rings (SSSR count). The van der Waals surface area contributed by atoms with Crippen molar-refractivity contribution in [1.82, 2.24) is 35.0 Å². The lowest BCUT2D eigenvalue weighted by molar-refractivity contribution is 0.0704. The summed E-state index contributed by atoms with van der Waals surface area (Å²) in [6.45, 7) is 4.97. The Labute approximate surface area is 218 Å². The maximum atomic E-state index is 13.2. The van der Waals surface area contributed by atoms with Gasteiger partial charge in [-0.2, -0.15) is 5.10 Å². The first kappa shape index (κ1) is 23.7. The molecule has 1 saturated heterocycles. The zero-order valence-corrected chi connectivity index (χ0v) is 21.8. The SMILES string of the molecule is Cc1cc2nnc(C(=O)N3CCC(c4nc(C(=O)NC5CCCc6ccccc65)cs4)CC3)c(C)n2n1. The van der Waals surface area contributed by atoms with Crippen molar-refractivity contribution in [3.63, 3.8) is 0 Å². The number of hydrogen-bond donors (Lipinski definition) is 1. The second-order valence-electron chi connectivity index (χ2n) is 9.94. The molecule has 0 bridgehead atoms. The first-order valence-electron chi connectivity index (χ1n) is 12.8. The highest BCUT2D eigenvalue weighted by Crippen LogP contribution is 2.32. The van der Waals surface area contributed by atoms with Crippen molar-refractivity contribution >= 4 is 28.8 Å². The predicted molar refractivity (Wildman–Crippen MR) is 140 cm³/mol. The smallest absolute Gasteiger partial charge is 0.276 e. The highest BCUT2D eigenvalue weighted by molar-refractivity contribution is 7.09. The number of aromatic nitrogens is 5. The Morgan fingerprint density at radius 3 is 2.73 bits per heavy atom. The molecule has 37 heavy (non-hydrogen) atoms. The van der Waals surface area contributed by atoms with E-state index in [0.29, 0.717) is 35.8 Å². The van der Waals surface area contributed by atoms with Crippen LogP contribution in [0.2, 0.25) is 0 Å². The average molecular weight is 516 g/mol. The third kappa shape index (κ3) is 4.50. The summed E-state index contributed by atoms with van der Waals surface area (Å²) in [5, 5.41) is 18.8. The fraction of sp³-hybridized carbons (Fsp3) is 0.407. The van der Waals surface area contributed by atoms with E-state index in [2.05, 4.69) is 38.8 Å². The van der Waals surface area contributed by atoms with Crippen LogP contribution < -0.4 is 5.32 Å². The van der Waals surface area contributed by atoms with Crippen LogP contribution in [-0.2, 0) is 6.42 Å². The summed E-state index contributed by atoms with van der Waals surface area (Å²) < 4.78 is 1.68. The van der Waals surface area contributed by atoms with Gasteiger partial charge in [0, 0.05) is 30.5 Å². The lowest BCUT2D eigenvalue weighted by atomic mass is 9.88. The van der Waals surface area contributed by atoms with E-state index >= 15 is 0 Å². The number of nitrogens with zero attached hydrogens (tertiary/aromatic N) is 6. The van der Waals surface area contributed by atoms with E-state index in [1.807, 2.05) is 36.3 Å². The van der Waals surface area contributed by atoms with Gasteiger partial charge in [-0.15, -0.1) is 21.5 Å². The summed E-state index contributed by atoms with van der Waals surface area (Å²) in [7, 11) is 0. The molecule has 2 aliphatic rings. The largest absolute Gasteiger partial charge is 0.344 e. The second-order valence-corrected chi connectivity index (χ2v) is 10.8. The van der Waals surface area contributed by atoms with Crippen molar-refractivity contribution in [2.75, 3.05) is 13.1 Å². The Morgan fingerprint density at radius 2 is 1.89 bits per heavy atom.